The molecule has 1 aliphatic rings. The lowest BCUT2D eigenvalue weighted by Gasteiger charge is -2.00. The van der Waals surface area contributed by atoms with Crippen LogP contribution in [0.4, 0.5) is 0 Å². The summed E-state index contributed by atoms with van der Waals surface area (Å²) in [5, 5.41) is 0.436. The molecule has 1 fully saturated rings. The molecule has 1 aromatic heterocycles. The Kier molecular flexibility index (Phi) is 2.92. The summed E-state index contributed by atoms with van der Waals surface area (Å²) in [6, 6.07) is 1.58. The van der Waals surface area contributed by atoms with Crippen LogP contribution in [0.15, 0.2) is 14.1 Å². The SMILES string of the molecule is O=S(=O)(NC1CC1)c1cc(Cl)c(Br)s1. The molecule has 2 rings (SSSR count). The van der Waals surface area contributed by atoms with Gasteiger partial charge in [0.1, 0.15) is 4.21 Å². The molecule has 1 saturated carbocycles. The monoisotopic (exact) mass is 315 g/mol. The first-order valence-corrected chi connectivity index (χ1v) is 7.43. The molecule has 1 aromatic rings. The highest BCUT2D eigenvalue weighted by atomic mass is 79.9. The van der Waals surface area contributed by atoms with Gasteiger partial charge in [-0.2, -0.15) is 0 Å². The molecule has 0 atom stereocenters. The van der Waals surface area contributed by atoms with Crippen molar-refractivity contribution in [1.82, 2.24) is 4.72 Å². The van der Waals surface area contributed by atoms with Crippen molar-refractivity contribution < 1.29 is 8.42 Å². The minimum Gasteiger partial charge on any atom is -0.207 e. The number of nitrogens with one attached hydrogen (secondary N) is 1. The van der Waals surface area contributed by atoms with Crippen molar-refractivity contribution in [2.24, 2.45) is 0 Å². The van der Waals surface area contributed by atoms with E-state index < -0.39 is 10.0 Å². The highest BCUT2D eigenvalue weighted by molar-refractivity contribution is 9.11. The van der Waals surface area contributed by atoms with Crippen LogP contribution in [0.5, 0.6) is 0 Å². The van der Waals surface area contributed by atoms with E-state index in [2.05, 4.69) is 20.7 Å². The van der Waals surface area contributed by atoms with Crippen LogP contribution < -0.4 is 4.72 Å². The standard InChI is InChI=1S/C7H7BrClNO2S2/c8-7-5(9)3-6(13-7)14(11,12)10-4-1-2-4/h3-4,10H,1-2H2. The molecule has 14 heavy (non-hydrogen) atoms. The fraction of sp³-hybridized carbons (Fsp3) is 0.429. The van der Waals surface area contributed by atoms with Crippen LogP contribution >= 0.6 is 38.9 Å². The molecule has 0 spiro atoms. The van der Waals surface area contributed by atoms with Crippen molar-refractivity contribution in [3.8, 4) is 0 Å². The largest absolute Gasteiger partial charge is 0.250 e. The Morgan fingerprint density at radius 2 is 2.21 bits per heavy atom. The van der Waals surface area contributed by atoms with E-state index in [1.807, 2.05) is 0 Å². The van der Waals surface area contributed by atoms with Crippen molar-refractivity contribution in [3.05, 3.63) is 14.9 Å². The molecule has 0 amide bonds. The Morgan fingerprint density at radius 3 is 2.64 bits per heavy atom. The molecule has 0 aromatic carbocycles. The van der Waals surface area contributed by atoms with Gasteiger partial charge in [0.05, 0.1) is 8.81 Å². The second kappa shape index (κ2) is 3.75. The van der Waals surface area contributed by atoms with Crippen molar-refractivity contribution in [2.45, 2.75) is 23.1 Å². The van der Waals surface area contributed by atoms with Gasteiger partial charge in [-0.25, -0.2) is 13.1 Å². The van der Waals surface area contributed by atoms with Gasteiger partial charge in [0.15, 0.2) is 0 Å². The molecule has 7 heteroatoms. The fourth-order valence-electron chi connectivity index (χ4n) is 0.938. The molecule has 78 valence electrons. The van der Waals surface area contributed by atoms with Gasteiger partial charge < -0.3 is 0 Å². The highest BCUT2D eigenvalue weighted by Crippen LogP contribution is 2.35. The predicted octanol–water partition coefficient (Wildman–Crippen LogP) is 2.60. The highest BCUT2D eigenvalue weighted by Gasteiger charge is 2.29. The molecule has 3 nitrogen and oxygen atoms in total. The average Bonchev–Trinajstić information content (AvgIpc) is 2.79. The number of rotatable bonds is 3. The van der Waals surface area contributed by atoms with E-state index in [4.69, 9.17) is 11.6 Å². The zero-order chi connectivity index (χ0) is 10.3. The third-order valence-electron chi connectivity index (χ3n) is 1.79. The van der Waals surface area contributed by atoms with E-state index in [-0.39, 0.29) is 10.3 Å². The smallest absolute Gasteiger partial charge is 0.207 e. The second-order valence-electron chi connectivity index (χ2n) is 3.08. The summed E-state index contributed by atoms with van der Waals surface area (Å²) < 4.78 is 26.8. The third kappa shape index (κ3) is 2.30. The van der Waals surface area contributed by atoms with Gasteiger partial charge in [0.2, 0.25) is 10.0 Å². The van der Waals surface area contributed by atoms with Gasteiger partial charge in [-0.05, 0) is 34.8 Å². The van der Waals surface area contributed by atoms with Crippen LogP contribution in [0.2, 0.25) is 5.02 Å². The average molecular weight is 317 g/mol. The number of sulfonamides is 1. The Labute approximate surface area is 99.6 Å². The third-order valence-corrected chi connectivity index (χ3v) is 6.26. The summed E-state index contributed by atoms with van der Waals surface area (Å²) in [4.78, 5) is 0. The minimum absolute atomic E-state index is 0.125. The molecule has 1 heterocycles. The van der Waals surface area contributed by atoms with Crippen LogP contribution in [0.1, 0.15) is 12.8 Å². The van der Waals surface area contributed by atoms with Gasteiger partial charge in [-0.3, -0.25) is 0 Å². The fourth-order valence-corrected chi connectivity index (χ4v) is 4.66. The van der Waals surface area contributed by atoms with E-state index in [1.165, 1.54) is 6.07 Å². The number of halogens is 2. The van der Waals surface area contributed by atoms with Gasteiger partial charge in [0, 0.05) is 6.04 Å². The van der Waals surface area contributed by atoms with Crippen molar-refractivity contribution in [2.75, 3.05) is 0 Å². The first-order chi connectivity index (χ1) is 6.49. The zero-order valence-electron chi connectivity index (χ0n) is 6.96. The first-order valence-electron chi connectivity index (χ1n) is 3.96. The van der Waals surface area contributed by atoms with Gasteiger partial charge in [-0.15, -0.1) is 11.3 Å². The molecule has 0 unspecified atom stereocenters. The molecular formula is C7H7BrClNO2S2. The van der Waals surface area contributed by atoms with E-state index >= 15 is 0 Å². The predicted molar refractivity (Wildman–Crippen MR) is 60.4 cm³/mol. The van der Waals surface area contributed by atoms with Crippen molar-refractivity contribution >= 4 is 48.9 Å². The molecule has 1 N–H and O–H groups in total. The quantitative estimate of drug-likeness (QED) is 0.931. The molecule has 0 saturated heterocycles. The van der Waals surface area contributed by atoms with E-state index in [1.54, 1.807) is 0 Å². The summed E-state index contributed by atoms with van der Waals surface area (Å²) in [7, 11) is -3.34. The lowest BCUT2D eigenvalue weighted by molar-refractivity contribution is 0.583. The lowest BCUT2D eigenvalue weighted by Crippen LogP contribution is -2.24. The normalized spacial score (nSPS) is 17.3. The Morgan fingerprint density at radius 1 is 1.57 bits per heavy atom. The minimum atomic E-state index is -3.34. The summed E-state index contributed by atoms with van der Waals surface area (Å²) in [6.07, 6.45) is 1.86. The van der Waals surface area contributed by atoms with E-state index in [9.17, 15) is 8.42 Å². The molecular weight excluding hydrogens is 310 g/mol. The Balaban J connectivity index is 2.28. The maximum absolute atomic E-state index is 11.7. The molecule has 0 radical (unpaired) electrons. The topological polar surface area (TPSA) is 46.2 Å². The summed E-state index contributed by atoms with van der Waals surface area (Å²) >= 11 is 10.1. The second-order valence-corrected chi connectivity index (χ2v) is 7.80. The zero-order valence-corrected chi connectivity index (χ0v) is 10.9. The molecule has 1 aliphatic carbocycles. The molecule has 0 aliphatic heterocycles. The van der Waals surface area contributed by atoms with Crippen LogP contribution in [-0.2, 0) is 10.0 Å². The van der Waals surface area contributed by atoms with Gasteiger partial charge >= 0.3 is 0 Å². The first kappa shape index (κ1) is 10.9. The summed E-state index contributed by atoms with van der Waals surface area (Å²) in [6.45, 7) is 0. The maximum atomic E-state index is 11.7. The Hall–Kier alpha value is 0.380. The summed E-state index contributed by atoms with van der Waals surface area (Å²) in [5.74, 6) is 0. The lowest BCUT2D eigenvalue weighted by atomic mass is 10.7. The van der Waals surface area contributed by atoms with E-state index in [0.29, 0.717) is 8.81 Å². The summed E-state index contributed by atoms with van der Waals surface area (Å²) in [5.41, 5.74) is 0. The van der Waals surface area contributed by atoms with Crippen molar-refractivity contribution in [3.63, 3.8) is 0 Å². The maximum Gasteiger partial charge on any atom is 0.250 e. The van der Waals surface area contributed by atoms with Crippen LogP contribution in [0, 0.1) is 0 Å². The Bertz CT molecular complexity index is 433. The number of hydrogen-bond acceptors (Lipinski definition) is 3. The van der Waals surface area contributed by atoms with Crippen molar-refractivity contribution in [1.29, 1.82) is 0 Å². The van der Waals surface area contributed by atoms with Gasteiger partial charge in [0.25, 0.3) is 0 Å². The molecule has 0 bridgehead atoms. The number of thiophene rings is 1. The van der Waals surface area contributed by atoms with Crippen LogP contribution in [-0.4, -0.2) is 14.5 Å². The van der Waals surface area contributed by atoms with Crippen LogP contribution in [0.3, 0.4) is 0 Å². The van der Waals surface area contributed by atoms with Gasteiger partial charge in [-0.1, -0.05) is 11.6 Å². The number of hydrogen-bond donors (Lipinski definition) is 1. The van der Waals surface area contributed by atoms with Crippen LogP contribution in [0.25, 0.3) is 0 Å². The van der Waals surface area contributed by atoms with E-state index in [0.717, 1.165) is 24.2 Å².